The highest BCUT2D eigenvalue weighted by atomic mass is 16.5. The zero-order valence-corrected chi connectivity index (χ0v) is 22.9. The lowest BCUT2D eigenvalue weighted by molar-refractivity contribution is -0.132. The molecule has 1 amide bonds. The van der Waals surface area contributed by atoms with Crippen molar-refractivity contribution >= 4 is 23.1 Å². The summed E-state index contributed by atoms with van der Waals surface area (Å²) in [5.41, 5.74) is 1.40. The van der Waals surface area contributed by atoms with E-state index in [9.17, 15) is 14.7 Å². The summed E-state index contributed by atoms with van der Waals surface area (Å²) in [7, 11) is 0. The van der Waals surface area contributed by atoms with Crippen molar-refractivity contribution in [1.29, 1.82) is 0 Å². The van der Waals surface area contributed by atoms with Gasteiger partial charge in [-0.3, -0.25) is 14.5 Å². The van der Waals surface area contributed by atoms with Gasteiger partial charge in [-0.15, -0.1) is 0 Å². The van der Waals surface area contributed by atoms with Crippen molar-refractivity contribution in [3.05, 3.63) is 114 Å². The molecule has 0 aliphatic carbocycles. The minimum Gasteiger partial charge on any atom is -0.507 e. The Bertz CT molecular complexity index is 1550. The number of anilines is 1. The topological polar surface area (TPSA) is 89.2 Å². The maximum absolute atomic E-state index is 13.5. The van der Waals surface area contributed by atoms with Crippen molar-refractivity contribution in [2.75, 3.05) is 11.5 Å². The van der Waals surface area contributed by atoms with Crippen LogP contribution < -0.4 is 14.4 Å². The number of Topliss-reactive ketones (excluding diaryl/α,β-unsaturated/α-hetero) is 1. The third-order valence-corrected chi connectivity index (χ3v) is 6.71. The third kappa shape index (κ3) is 5.10. The second kappa shape index (κ2) is 10.8. The van der Waals surface area contributed by atoms with Gasteiger partial charge in [-0.2, -0.15) is 0 Å². The summed E-state index contributed by atoms with van der Waals surface area (Å²) in [6.07, 6.45) is 1.47. The van der Waals surface area contributed by atoms with Crippen LogP contribution in [0.4, 0.5) is 5.69 Å². The summed E-state index contributed by atoms with van der Waals surface area (Å²) < 4.78 is 17.4. The van der Waals surface area contributed by atoms with Gasteiger partial charge in [0.25, 0.3) is 11.7 Å². The minimum absolute atomic E-state index is 0.0476. The predicted molar refractivity (Wildman–Crippen MR) is 153 cm³/mol. The number of hydrogen-bond acceptors (Lipinski definition) is 6. The summed E-state index contributed by atoms with van der Waals surface area (Å²) >= 11 is 0. The van der Waals surface area contributed by atoms with Crippen molar-refractivity contribution in [2.24, 2.45) is 0 Å². The second-order valence-electron chi connectivity index (χ2n) is 10.5. The number of carbonyl (C=O) groups is 2. The molecule has 5 rings (SSSR count). The van der Waals surface area contributed by atoms with Crippen LogP contribution in [0.5, 0.6) is 17.2 Å². The minimum atomic E-state index is -0.958. The smallest absolute Gasteiger partial charge is 0.300 e. The summed E-state index contributed by atoms with van der Waals surface area (Å²) in [6.45, 7) is 8.53. The molecule has 1 saturated heterocycles. The zero-order valence-electron chi connectivity index (χ0n) is 22.9. The van der Waals surface area contributed by atoms with Gasteiger partial charge in [-0.05, 0) is 79.1 Å². The maximum Gasteiger partial charge on any atom is 0.300 e. The van der Waals surface area contributed by atoms with Gasteiger partial charge in [-0.25, -0.2) is 0 Å². The van der Waals surface area contributed by atoms with E-state index in [1.807, 2.05) is 64.1 Å². The molecule has 1 aliphatic heterocycles. The van der Waals surface area contributed by atoms with Crippen LogP contribution in [-0.4, -0.2) is 23.4 Å². The van der Waals surface area contributed by atoms with E-state index in [-0.39, 0.29) is 16.7 Å². The molecule has 0 spiro atoms. The first-order chi connectivity index (χ1) is 19.2. The summed E-state index contributed by atoms with van der Waals surface area (Å²) in [5, 5.41) is 11.5. The molecular weight excluding hydrogens is 506 g/mol. The Kier molecular flexibility index (Phi) is 7.22. The average molecular weight is 538 g/mol. The van der Waals surface area contributed by atoms with Gasteiger partial charge < -0.3 is 19.0 Å². The van der Waals surface area contributed by atoms with Crippen molar-refractivity contribution in [1.82, 2.24) is 0 Å². The van der Waals surface area contributed by atoms with E-state index in [0.717, 1.165) is 5.56 Å². The van der Waals surface area contributed by atoms with E-state index >= 15 is 0 Å². The highest BCUT2D eigenvalue weighted by Gasteiger charge is 2.48. The van der Waals surface area contributed by atoms with Crippen LogP contribution in [0.15, 0.2) is 101 Å². The Hall–Kier alpha value is -4.78. The maximum atomic E-state index is 13.5. The molecule has 4 aromatic rings. The van der Waals surface area contributed by atoms with Crippen LogP contribution in [0.1, 0.15) is 50.6 Å². The lowest BCUT2D eigenvalue weighted by Crippen LogP contribution is -2.29. The number of carbonyl (C=O) groups excluding carboxylic acids is 2. The largest absolute Gasteiger partial charge is 0.507 e. The number of hydrogen-bond donors (Lipinski definition) is 1. The fraction of sp³-hybridized carbons (Fsp3) is 0.212. The molecule has 1 aliphatic rings. The quantitative estimate of drug-likeness (QED) is 0.150. The molecule has 2 heterocycles. The van der Waals surface area contributed by atoms with Crippen LogP contribution in [0.3, 0.4) is 0 Å². The summed E-state index contributed by atoms with van der Waals surface area (Å²) in [4.78, 5) is 28.3. The molecule has 1 atom stereocenters. The molecule has 3 aromatic carbocycles. The average Bonchev–Trinajstić information content (AvgIpc) is 3.56. The number of ketones is 1. The van der Waals surface area contributed by atoms with E-state index in [2.05, 4.69) is 0 Å². The molecule has 40 heavy (non-hydrogen) atoms. The third-order valence-electron chi connectivity index (χ3n) is 6.71. The summed E-state index contributed by atoms with van der Waals surface area (Å²) in [5.74, 6) is 0.470. The monoisotopic (exact) mass is 537 g/mol. The SMILES string of the molecule is CCOc1ccc(/C(O)=C2/C(=O)C(=O)N(c3ccc(Oc4ccccc4)cc3)C2c2ccco2)cc1C(C)(C)C. The van der Waals surface area contributed by atoms with Crippen molar-refractivity contribution < 1.29 is 28.6 Å². The first kappa shape index (κ1) is 26.8. The van der Waals surface area contributed by atoms with Gasteiger partial charge in [0.05, 0.1) is 18.4 Å². The first-order valence-corrected chi connectivity index (χ1v) is 13.1. The van der Waals surface area contributed by atoms with E-state index in [4.69, 9.17) is 13.9 Å². The number of benzene rings is 3. The molecule has 0 radical (unpaired) electrons. The molecule has 204 valence electrons. The molecular formula is C33H31NO6. The highest BCUT2D eigenvalue weighted by molar-refractivity contribution is 6.51. The van der Waals surface area contributed by atoms with E-state index in [1.165, 1.54) is 11.2 Å². The Morgan fingerprint density at radius 1 is 0.925 bits per heavy atom. The van der Waals surface area contributed by atoms with Crippen LogP contribution in [-0.2, 0) is 15.0 Å². The number of amides is 1. The van der Waals surface area contributed by atoms with Gasteiger partial charge >= 0.3 is 0 Å². The first-order valence-electron chi connectivity index (χ1n) is 13.1. The zero-order chi connectivity index (χ0) is 28.4. The van der Waals surface area contributed by atoms with E-state index < -0.39 is 17.7 Å². The highest BCUT2D eigenvalue weighted by Crippen LogP contribution is 2.43. The molecule has 7 nitrogen and oxygen atoms in total. The number of aliphatic hydroxyl groups is 1. The van der Waals surface area contributed by atoms with Crippen molar-refractivity contribution in [3.63, 3.8) is 0 Å². The number of ether oxygens (including phenoxy) is 2. The van der Waals surface area contributed by atoms with E-state index in [1.54, 1.807) is 48.5 Å². The fourth-order valence-electron chi connectivity index (χ4n) is 4.81. The molecule has 1 fully saturated rings. The second-order valence-corrected chi connectivity index (χ2v) is 10.5. The number of para-hydroxylation sites is 1. The van der Waals surface area contributed by atoms with Crippen molar-refractivity contribution in [3.8, 4) is 17.2 Å². The van der Waals surface area contributed by atoms with Crippen LogP contribution in [0, 0.1) is 0 Å². The van der Waals surface area contributed by atoms with Gasteiger partial charge in [0.1, 0.15) is 34.8 Å². The Balaban J connectivity index is 1.58. The number of furan rings is 1. The lowest BCUT2D eigenvalue weighted by Gasteiger charge is -2.25. The number of aliphatic hydroxyl groups excluding tert-OH is 1. The molecule has 1 unspecified atom stereocenters. The molecule has 0 bridgehead atoms. The van der Waals surface area contributed by atoms with Gasteiger partial charge in [-0.1, -0.05) is 39.0 Å². The van der Waals surface area contributed by atoms with Gasteiger partial charge in [0, 0.05) is 16.8 Å². The fourth-order valence-corrected chi connectivity index (χ4v) is 4.81. The lowest BCUT2D eigenvalue weighted by atomic mass is 9.84. The molecule has 1 aromatic heterocycles. The molecule has 7 heteroatoms. The van der Waals surface area contributed by atoms with Gasteiger partial charge in [0.15, 0.2) is 0 Å². The summed E-state index contributed by atoms with van der Waals surface area (Å²) in [6, 6.07) is 23.9. The van der Waals surface area contributed by atoms with Gasteiger partial charge in [0.2, 0.25) is 0 Å². The predicted octanol–water partition coefficient (Wildman–Crippen LogP) is 7.39. The number of nitrogens with zero attached hydrogens (tertiary/aromatic N) is 1. The van der Waals surface area contributed by atoms with Crippen LogP contribution in [0.25, 0.3) is 5.76 Å². The molecule has 1 N–H and O–H groups in total. The van der Waals surface area contributed by atoms with Crippen LogP contribution in [0.2, 0.25) is 0 Å². The standard InChI is InChI=1S/C33H31NO6/c1-5-38-26-18-13-21(20-25(26)33(2,3)4)30(35)28-29(27-12-9-19-39-27)34(32(37)31(28)36)22-14-16-24(17-15-22)40-23-10-7-6-8-11-23/h6-20,29,35H,5H2,1-4H3/b30-28-. The van der Waals surface area contributed by atoms with E-state index in [0.29, 0.717) is 40.9 Å². The molecule has 0 saturated carbocycles. The van der Waals surface area contributed by atoms with Crippen LogP contribution >= 0.6 is 0 Å². The Morgan fingerprint density at radius 2 is 1.62 bits per heavy atom. The normalized spacial score (nSPS) is 16.8. The number of rotatable bonds is 7. The van der Waals surface area contributed by atoms with Crippen molar-refractivity contribution in [2.45, 2.75) is 39.2 Å². The Morgan fingerprint density at radius 3 is 2.25 bits per heavy atom. The Labute approximate surface area is 233 Å².